The van der Waals surface area contributed by atoms with Crippen molar-refractivity contribution in [2.24, 2.45) is 12.8 Å². The van der Waals surface area contributed by atoms with Crippen LogP contribution in [0.2, 0.25) is 5.02 Å². The Bertz CT molecular complexity index is 447. The van der Waals surface area contributed by atoms with Crippen LogP contribution in [0.5, 0.6) is 0 Å². The van der Waals surface area contributed by atoms with Gasteiger partial charge in [0.15, 0.2) is 0 Å². The first-order valence-electron chi connectivity index (χ1n) is 4.03. The predicted molar refractivity (Wildman–Crippen MR) is 53.6 cm³/mol. The molecular formula is C9H10ClN3. The molecule has 0 bridgehead atoms. The Morgan fingerprint density at radius 1 is 1.54 bits per heavy atom. The number of hydrogen-bond donors (Lipinski definition) is 1. The lowest BCUT2D eigenvalue weighted by Gasteiger charge is -2.00. The second-order valence-electron chi connectivity index (χ2n) is 2.97. The van der Waals surface area contributed by atoms with E-state index in [9.17, 15) is 0 Å². The summed E-state index contributed by atoms with van der Waals surface area (Å²) in [6.45, 7) is 0.446. The fourth-order valence-electron chi connectivity index (χ4n) is 1.45. The summed E-state index contributed by atoms with van der Waals surface area (Å²) in [6, 6.07) is 3.73. The summed E-state index contributed by atoms with van der Waals surface area (Å²) < 4.78 is 1.76. The smallest absolute Gasteiger partial charge is 0.0927 e. The summed E-state index contributed by atoms with van der Waals surface area (Å²) in [6.07, 6.45) is 1.93. The highest BCUT2D eigenvalue weighted by molar-refractivity contribution is 6.32. The van der Waals surface area contributed by atoms with Gasteiger partial charge in [0.1, 0.15) is 0 Å². The van der Waals surface area contributed by atoms with Gasteiger partial charge in [0.05, 0.1) is 5.52 Å². The summed E-state index contributed by atoms with van der Waals surface area (Å²) in [5.41, 5.74) is 7.51. The van der Waals surface area contributed by atoms with E-state index in [0.717, 1.165) is 16.5 Å². The number of aryl methyl sites for hydroxylation is 1. The maximum absolute atomic E-state index is 6.00. The molecule has 0 aliphatic carbocycles. The van der Waals surface area contributed by atoms with Gasteiger partial charge in [-0.3, -0.25) is 4.68 Å². The molecule has 0 unspecified atom stereocenters. The third-order valence-electron chi connectivity index (χ3n) is 2.06. The number of hydrogen-bond acceptors (Lipinski definition) is 2. The topological polar surface area (TPSA) is 43.8 Å². The number of halogens is 1. The average Bonchev–Trinajstić information content (AvgIpc) is 2.45. The summed E-state index contributed by atoms with van der Waals surface area (Å²) in [7, 11) is 1.88. The molecule has 1 aromatic heterocycles. The molecule has 0 spiro atoms. The minimum absolute atomic E-state index is 0.446. The van der Waals surface area contributed by atoms with Gasteiger partial charge in [-0.05, 0) is 17.7 Å². The van der Waals surface area contributed by atoms with E-state index in [1.54, 1.807) is 4.68 Å². The quantitative estimate of drug-likeness (QED) is 0.753. The van der Waals surface area contributed by atoms with E-state index >= 15 is 0 Å². The predicted octanol–water partition coefficient (Wildman–Crippen LogP) is 1.69. The number of fused-ring (bicyclic) bond motifs is 1. The largest absolute Gasteiger partial charge is 0.326 e. The molecule has 0 fully saturated rings. The lowest BCUT2D eigenvalue weighted by molar-refractivity contribution is 0.779. The molecule has 0 amide bonds. The van der Waals surface area contributed by atoms with Gasteiger partial charge in [-0.1, -0.05) is 11.6 Å². The number of aromatic nitrogens is 2. The average molecular weight is 196 g/mol. The first-order chi connectivity index (χ1) is 6.22. The summed E-state index contributed by atoms with van der Waals surface area (Å²) in [4.78, 5) is 0. The second-order valence-corrected chi connectivity index (χ2v) is 3.37. The van der Waals surface area contributed by atoms with Gasteiger partial charge in [-0.15, -0.1) is 0 Å². The zero-order valence-corrected chi connectivity index (χ0v) is 8.04. The third-order valence-corrected chi connectivity index (χ3v) is 2.42. The number of nitrogens with zero attached hydrogens (tertiary/aromatic N) is 2. The molecule has 13 heavy (non-hydrogen) atoms. The van der Waals surface area contributed by atoms with Crippen LogP contribution in [0, 0.1) is 0 Å². The Hall–Kier alpha value is -1.06. The lowest BCUT2D eigenvalue weighted by atomic mass is 10.1. The molecule has 0 saturated carbocycles. The molecule has 4 heteroatoms. The fraction of sp³-hybridized carbons (Fsp3) is 0.222. The summed E-state index contributed by atoms with van der Waals surface area (Å²) in [5.74, 6) is 0. The standard InChI is InChI=1S/C9H10ClN3/c1-13-5-7-6(4-11)8(10)2-3-9(7)12-13/h2-3,5H,4,11H2,1H3. The van der Waals surface area contributed by atoms with Crippen molar-refractivity contribution < 1.29 is 0 Å². The lowest BCUT2D eigenvalue weighted by Crippen LogP contribution is -1.97. The number of benzene rings is 1. The summed E-state index contributed by atoms with van der Waals surface area (Å²) in [5, 5.41) is 6.02. The SMILES string of the molecule is Cn1cc2c(CN)c(Cl)ccc2n1. The van der Waals surface area contributed by atoms with Gasteiger partial charge in [0, 0.05) is 30.2 Å². The van der Waals surface area contributed by atoms with Crippen molar-refractivity contribution in [2.45, 2.75) is 6.54 Å². The molecule has 2 N–H and O–H groups in total. The van der Waals surface area contributed by atoms with E-state index in [-0.39, 0.29) is 0 Å². The van der Waals surface area contributed by atoms with Crippen molar-refractivity contribution >= 4 is 22.5 Å². The van der Waals surface area contributed by atoms with Crippen LogP contribution in [0.1, 0.15) is 5.56 Å². The molecule has 2 aromatic rings. The molecule has 0 aliphatic heterocycles. The van der Waals surface area contributed by atoms with E-state index in [0.29, 0.717) is 11.6 Å². The van der Waals surface area contributed by atoms with E-state index in [2.05, 4.69) is 5.10 Å². The van der Waals surface area contributed by atoms with Gasteiger partial charge in [0.25, 0.3) is 0 Å². The van der Waals surface area contributed by atoms with Crippen molar-refractivity contribution in [1.82, 2.24) is 9.78 Å². The molecule has 0 aliphatic rings. The van der Waals surface area contributed by atoms with Crippen LogP contribution in [0.15, 0.2) is 18.3 Å². The second kappa shape index (κ2) is 3.01. The first-order valence-corrected chi connectivity index (χ1v) is 4.41. The Kier molecular flexibility index (Phi) is 1.98. The Morgan fingerprint density at radius 2 is 2.31 bits per heavy atom. The van der Waals surface area contributed by atoms with Crippen LogP contribution in [-0.2, 0) is 13.6 Å². The monoisotopic (exact) mass is 195 g/mol. The van der Waals surface area contributed by atoms with Crippen LogP contribution in [0.3, 0.4) is 0 Å². The molecule has 2 rings (SSSR count). The van der Waals surface area contributed by atoms with Crippen LogP contribution >= 0.6 is 11.6 Å². The molecule has 68 valence electrons. The highest BCUT2D eigenvalue weighted by atomic mass is 35.5. The molecule has 0 atom stereocenters. The Morgan fingerprint density at radius 3 is 3.00 bits per heavy atom. The van der Waals surface area contributed by atoms with E-state index < -0.39 is 0 Å². The van der Waals surface area contributed by atoms with Gasteiger partial charge in [0.2, 0.25) is 0 Å². The molecular weight excluding hydrogens is 186 g/mol. The summed E-state index contributed by atoms with van der Waals surface area (Å²) >= 11 is 6.00. The minimum Gasteiger partial charge on any atom is -0.326 e. The van der Waals surface area contributed by atoms with Crippen molar-refractivity contribution in [1.29, 1.82) is 0 Å². The van der Waals surface area contributed by atoms with E-state index in [4.69, 9.17) is 17.3 Å². The van der Waals surface area contributed by atoms with Crippen molar-refractivity contribution in [3.8, 4) is 0 Å². The van der Waals surface area contributed by atoms with Crippen LogP contribution < -0.4 is 5.73 Å². The van der Waals surface area contributed by atoms with Crippen molar-refractivity contribution in [3.63, 3.8) is 0 Å². The van der Waals surface area contributed by atoms with Gasteiger partial charge in [-0.25, -0.2) is 0 Å². The molecule has 1 aromatic carbocycles. The van der Waals surface area contributed by atoms with Crippen LogP contribution in [0.4, 0.5) is 0 Å². The normalized spacial score (nSPS) is 11.0. The van der Waals surface area contributed by atoms with Crippen molar-refractivity contribution in [3.05, 3.63) is 28.9 Å². The number of rotatable bonds is 1. The van der Waals surface area contributed by atoms with Gasteiger partial charge < -0.3 is 5.73 Å². The van der Waals surface area contributed by atoms with Gasteiger partial charge in [-0.2, -0.15) is 5.10 Å². The first kappa shape index (κ1) is 8.53. The van der Waals surface area contributed by atoms with Gasteiger partial charge >= 0.3 is 0 Å². The highest BCUT2D eigenvalue weighted by Gasteiger charge is 2.06. The number of nitrogens with two attached hydrogens (primary N) is 1. The zero-order chi connectivity index (χ0) is 9.42. The maximum atomic E-state index is 6.00. The fourth-order valence-corrected chi connectivity index (χ4v) is 1.69. The zero-order valence-electron chi connectivity index (χ0n) is 7.29. The highest BCUT2D eigenvalue weighted by Crippen LogP contribution is 2.24. The maximum Gasteiger partial charge on any atom is 0.0927 e. The molecule has 0 saturated heterocycles. The van der Waals surface area contributed by atoms with Crippen molar-refractivity contribution in [2.75, 3.05) is 0 Å². The Labute approximate surface area is 81.1 Å². The van der Waals surface area contributed by atoms with E-state index in [1.165, 1.54) is 0 Å². The third kappa shape index (κ3) is 1.30. The minimum atomic E-state index is 0.446. The van der Waals surface area contributed by atoms with Crippen LogP contribution in [0.25, 0.3) is 10.9 Å². The molecule has 0 radical (unpaired) electrons. The Balaban J connectivity index is 2.82. The molecule has 3 nitrogen and oxygen atoms in total. The van der Waals surface area contributed by atoms with Crippen LogP contribution in [-0.4, -0.2) is 9.78 Å². The molecule has 1 heterocycles. The van der Waals surface area contributed by atoms with E-state index in [1.807, 2.05) is 25.4 Å².